The molecule has 0 aliphatic heterocycles. The molecule has 1 aromatic heterocycles. The molecule has 1 aromatic rings. The van der Waals surface area contributed by atoms with Gasteiger partial charge in [0.25, 0.3) is 0 Å². The Bertz CT molecular complexity index is 406. The fourth-order valence-electron chi connectivity index (χ4n) is 3.37. The van der Waals surface area contributed by atoms with Crippen LogP contribution in [0, 0.1) is 5.92 Å². The molecule has 108 valence electrons. The molecular weight excluding hydrogens is 240 g/mol. The van der Waals surface area contributed by atoms with Crippen molar-refractivity contribution in [1.29, 1.82) is 0 Å². The van der Waals surface area contributed by atoms with Crippen LogP contribution in [0.4, 0.5) is 0 Å². The van der Waals surface area contributed by atoms with E-state index >= 15 is 0 Å². The molecule has 3 unspecified atom stereocenters. The summed E-state index contributed by atoms with van der Waals surface area (Å²) >= 11 is 0. The number of hydrogen-bond acceptors (Lipinski definition) is 4. The first-order chi connectivity index (χ1) is 9.09. The molecule has 0 spiro atoms. The second-order valence-electron chi connectivity index (χ2n) is 5.87. The van der Waals surface area contributed by atoms with E-state index in [0.29, 0.717) is 5.92 Å². The maximum absolute atomic E-state index is 5.90. The zero-order valence-electron chi connectivity index (χ0n) is 12.2. The van der Waals surface area contributed by atoms with Gasteiger partial charge in [-0.25, -0.2) is 0 Å². The van der Waals surface area contributed by atoms with Crippen LogP contribution < -0.4 is 11.3 Å². The molecule has 19 heavy (non-hydrogen) atoms. The van der Waals surface area contributed by atoms with E-state index in [4.69, 9.17) is 10.6 Å². The SMILES string of the molecule is COC1(C(Cc2ccn(C)n2)NN)CCCC(C)C1. The van der Waals surface area contributed by atoms with Crippen LogP contribution in [-0.2, 0) is 18.2 Å². The van der Waals surface area contributed by atoms with Crippen molar-refractivity contribution in [3.63, 3.8) is 0 Å². The topological polar surface area (TPSA) is 65.1 Å². The third kappa shape index (κ3) is 3.16. The molecule has 3 atom stereocenters. The largest absolute Gasteiger partial charge is 0.377 e. The Hall–Kier alpha value is -0.910. The summed E-state index contributed by atoms with van der Waals surface area (Å²) < 4.78 is 7.73. The van der Waals surface area contributed by atoms with Crippen molar-refractivity contribution in [3.05, 3.63) is 18.0 Å². The van der Waals surface area contributed by atoms with Crippen LogP contribution in [-0.4, -0.2) is 28.5 Å². The summed E-state index contributed by atoms with van der Waals surface area (Å²) in [6.45, 7) is 2.29. The molecule has 2 rings (SSSR count). The van der Waals surface area contributed by atoms with Gasteiger partial charge >= 0.3 is 0 Å². The van der Waals surface area contributed by atoms with Gasteiger partial charge in [-0.1, -0.05) is 19.8 Å². The van der Waals surface area contributed by atoms with Gasteiger partial charge in [-0.3, -0.25) is 16.0 Å². The summed E-state index contributed by atoms with van der Waals surface area (Å²) in [6, 6.07) is 2.15. The minimum atomic E-state index is -0.163. The molecule has 0 radical (unpaired) electrons. The summed E-state index contributed by atoms with van der Waals surface area (Å²) in [5.41, 5.74) is 3.86. The smallest absolute Gasteiger partial charge is 0.0850 e. The number of nitrogens with one attached hydrogen (secondary N) is 1. The molecule has 0 saturated heterocycles. The number of methoxy groups -OCH3 is 1. The van der Waals surface area contributed by atoms with Crippen LogP contribution in [0.15, 0.2) is 12.3 Å². The number of hydrogen-bond donors (Lipinski definition) is 2. The average Bonchev–Trinajstić information content (AvgIpc) is 2.81. The van der Waals surface area contributed by atoms with Crippen LogP contribution in [0.1, 0.15) is 38.3 Å². The lowest BCUT2D eigenvalue weighted by molar-refractivity contribution is -0.0793. The highest BCUT2D eigenvalue weighted by atomic mass is 16.5. The number of nitrogens with zero attached hydrogens (tertiary/aromatic N) is 2. The quantitative estimate of drug-likeness (QED) is 0.624. The van der Waals surface area contributed by atoms with E-state index in [1.165, 1.54) is 12.8 Å². The first kappa shape index (κ1) is 14.5. The highest BCUT2D eigenvalue weighted by molar-refractivity contribution is 5.06. The van der Waals surface area contributed by atoms with E-state index in [-0.39, 0.29) is 11.6 Å². The standard InChI is InChI=1S/C14H26N4O/c1-11-5-4-7-14(10-11,19-3)13(16-15)9-12-6-8-18(2)17-12/h6,8,11,13,16H,4-5,7,9-10,15H2,1-3H3. The summed E-state index contributed by atoms with van der Waals surface area (Å²) in [7, 11) is 3.74. The summed E-state index contributed by atoms with van der Waals surface area (Å²) in [5.74, 6) is 6.49. The Morgan fingerprint density at radius 3 is 3.00 bits per heavy atom. The first-order valence-corrected chi connectivity index (χ1v) is 7.09. The van der Waals surface area contributed by atoms with Crippen molar-refractivity contribution in [1.82, 2.24) is 15.2 Å². The van der Waals surface area contributed by atoms with Gasteiger partial charge in [-0.2, -0.15) is 5.10 Å². The number of rotatable bonds is 5. The molecule has 0 bridgehead atoms. The van der Waals surface area contributed by atoms with Gasteiger partial charge in [-0.15, -0.1) is 0 Å². The fraction of sp³-hybridized carbons (Fsp3) is 0.786. The molecule has 3 N–H and O–H groups in total. The van der Waals surface area contributed by atoms with Crippen molar-refractivity contribution in [2.75, 3.05) is 7.11 Å². The van der Waals surface area contributed by atoms with Crippen molar-refractivity contribution in [3.8, 4) is 0 Å². The molecule has 1 heterocycles. The van der Waals surface area contributed by atoms with Crippen LogP contribution in [0.3, 0.4) is 0 Å². The van der Waals surface area contributed by atoms with Gasteiger partial charge in [0.1, 0.15) is 0 Å². The van der Waals surface area contributed by atoms with Crippen molar-refractivity contribution in [2.24, 2.45) is 18.8 Å². The summed E-state index contributed by atoms with van der Waals surface area (Å²) in [4.78, 5) is 0. The molecule has 1 aliphatic carbocycles. The highest BCUT2D eigenvalue weighted by Gasteiger charge is 2.42. The lowest BCUT2D eigenvalue weighted by atomic mass is 9.73. The van der Waals surface area contributed by atoms with Crippen molar-refractivity contribution >= 4 is 0 Å². The second-order valence-corrected chi connectivity index (χ2v) is 5.87. The number of aromatic nitrogens is 2. The average molecular weight is 266 g/mol. The first-order valence-electron chi connectivity index (χ1n) is 7.09. The van der Waals surface area contributed by atoms with Gasteiger partial charge in [0.15, 0.2) is 0 Å². The maximum Gasteiger partial charge on any atom is 0.0850 e. The second kappa shape index (κ2) is 6.03. The molecule has 1 saturated carbocycles. The summed E-state index contributed by atoms with van der Waals surface area (Å²) in [5, 5.41) is 4.44. The molecule has 1 fully saturated rings. The van der Waals surface area contributed by atoms with Gasteiger partial charge < -0.3 is 4.74 Å². The number of nitrogens with two attached hydrogens (primary N) is 1. The predicted molar refractivity (Wildman–Crippen MR) is 75.4 cm³/mol. The molecule has 0 aromatic carbocycles. The molecule has 5 nitrogen and oxygen atoms in total. The van der Waals surface area contributed by atoms with Gasteiger partial charge in [0.2, 0.25) is 0 Å². The normalized spacial score (nSPS) is 29.4. The Morgan fingerprint density at radius 1 is 1.68 bits per heavy atom. The Kier molecular flexibility index (Phi) is 4.60. The van der Waals surface area contributed by atoms with E-state index in [1.54, 1.807) is 7.11 Å². The van der Waals surface area contributed by atoms with E-state index in [1.807, 2.05) is 24.0 Å². The van der Waals surface area contributed by atoms with Crippen LogP contribution >= 0.6 is 0 Å². The van der Waals surface area contributed by atoms with Crippen molar-refractivity contribution in [2.45, 2.75) is 50.7 Å². The molecule has 5 heteroatoms. The van der Waals surface area contributed by atoms with E-state index in [2.05, 4.69) is 17.4 Å². The van der Waals surface area contributed by atoms with Gasteiger partial charge in [-0.05, 0) is 24.8 Å². The Morgan fingerprint density at radius 2 is 2.47 bits per heavy atom. The lowest BCUT2D eigenvalue weighted by Gasteiger charge is -2.44. The third-order valence-corrected chi connectivity index (χ3v) is 4.42. The maximum atomic E-state index is 5.90. The third-order valence-electron chi connectivity index (χ3n) is 4.42. The van der Waals surface area contributed by atoms with Gasteiger partial charge in [0.05, 0.1) is 17.3 Å². The van der Waals surface area contributed by atoms with Gasteiger partial charge in [0, 0.05) is 26.8 Å². The number of aryl methyl sites for hydroxylation is 1. The Balaban J connectivity index is 2.13. The highest BCUT2D eigenvalue weighted by Crippen LogP contribution is 2.37. The molecule has 1 aliphatic rings. The van der Waals surface area contributed by atoms with Crippen LogP contribution in [0.2, 0.25) is 0 Å². The number of ether oxygens (including phenoxy) is 1. The predicted octanol–water partition coefficient (Wildman–Crippen LogP) is 1.39. The van der Waals surface area contributed by atoms with Crippen molar-refractivity contribution < 1.29 is 4.74 Å². The zero-order valence-corrected chi connectivity index (χ0v) is 12.2. The minimum absolute atomic E-state index is 0.107. The van der Waals surface area contributed by atoms with E-state index < -0.39 is 0 Å². The zero-order chi connectivity index (χ0) is 13.9. The lowest BCUT2D eigenvalue weighted by Crippen LogP contribution is -2.57. The molecule has 0 amide bonds. The van der Waals surface area contributed by atoms with E-state index in [9.17, 15) is 0 Å². The minimum Gasteiger partial charge on any atom is -0.377 e. The van der Waals surface area contributed by atoms with E-state index in [0.717, 1.165) is 25.0 Å². The Labute approximate surface area is 115 Å². The van der Waals surface area contributed by atoms with Crippen LogP contribution in [0.25, 0.3) is 0 Å². The number of hydrazine groups is 1. The van der Waals surface area contributed by atoms with Crippen LogP contribution in [0.5, 0.6) is 0 Å². The monoisotopic (exact) mass is 266 g/mol. The summed E-state index contributed by atoms with van der Waals surface area (Å²) in [6.07, 6.45) is 7.38. The fourth-order valence-corrected chi connectivity index (χ4v) is 3.37. The molecular formula is C14H26N4O.